The van der Waals surface area contributed by atoms with Crippen molar-refractivity contribution in [1.29, 1.82) is 0 Å². The molecular weight excluding hydrogens is 212 g/mol. The van der Waals surface area contributed by atoms with E-state index in [0.717, 1.165) is 16.5 Å². The van der Waals surface area contributed by atoms with Crippen LogP contribution in [0.15, 0.2) is 48.9 Å². The topological polar surface area (TPSA) is 64.7 Å². The number of anilines is 1. The zero-order valence-corrected chi connectivity index (χ0v) is 9.04. The highest BCUT2D eigenvalue weighted by Crippen LogP contribution is 2.23. The summed E-state index contributed by atoms with van der Waals surface area (Å²) in [5.74, 6) is 0.421. The van der Waals surface area contributed by atoms with E-state index in [-0.39, 0.29) is 0 Å². The lowest BCUT2D eigenvalue weighted by atomic mass is 10.1. The molecule has 2 aromatic heterocycles. The van der Waals surface area contributed by atoms with Crippen LogP contribution in [-0.4, -0.2) is 15.0 Å². The summed E-state index contributed by atoms with van der Waals surface area (Å²) < 4.78 is 0. The van der Waals surface area contributed by atoms with Gasteiger partial charge in [-0.1, -0.05) is 18.2 Å². The van der Waals surface area contributed by atoms with Crippen LogP contribution in [0.2, 0.25) is 0 Å². The van der Waals surface area contributed by atoms with E-state index in [9.17, 15) is 0 Å². The van der Waals surface area contributed by atoms with Crippen LogP contribution in [0.5, 0.6) is 0 Å². The van der Waals surface area contributed by atoms with E-state index in [1.54, 1.807) is 18.6 Å². The van der Waals surface area contributed by atoms with E-state index in [1.165, 1.54) is 0 Å². The van der Waals surface area contributed by atoms with Crippen molar-refractivity contribution in [1.82, 2.24) is 15.0 Å². The Balaban J connectivity index is 2.22. The van der Waals surface area contributed by atoms with Gasteiger partial charge in [0.05, 0.1) is 5.52 Å². The SMILES string of the molecule is Nc1nccnc1-c1cnc2ccccc2c1. The van der Waals surface area contributed by atoms with Gasteiger partial charge in [0, 0.05) is 29.5 Å². The van der Waals surface area contributed by atoms with Gasteiger partial charge in [0.25, 0.3) is 0 Å². The molecule has 3 aromatic rings. The standard InChI is InChI=1S/C13H10N4/c14-13-12(15-5-6-16-13)10-7-9-3-1-2-4-11(9)17-8-10/h1-8H,(H2,14,16). The van der Waals surface area contributed by atoms with Crippen molar-refractivity contribution < 1.29 is 0 Å². The lowest BCUT2D eigenvalue weighted by Gasteiger charge is -2.04. The fraction of sp³-hybridized carbons (Fsp3) is 0. The predicted molar refractivity (Wildman–Crippen MR) is 67.2 cm³/mol. The van der Waals surface area contributed by atoms with Gasteiger partial charge in [0.2, 0.25) is 0 Å². The maximum Gasteiger partial charge on any atom is 0.150 e. The van der Waals surface area contributed by atoms with Gasteiger partial charge >= 0.3 is 0 Å². The van der Waals surface area contributed by atoms with Crippen molar-refractivity contribution in [3.8, 4) is 11.3 Å². The average molecular weight is 222 g/mol. The van der Waals surface area contributed by atoms with Crippen LogP contribution in [0, 0.1) is 0 Å². The molecule has 2 heterocycles. The summed E-state index contributed by atoms with van der Waals surface area (Å²) in [7, 11) is 0. The Morgan fingerprint density at radius 1 is 0.941 bits per heavy atom. The van der Waals surface area contributed by atoms with Crippen LogP contribution >= 0.6 is 0 Å². The minimum Gasteiger partial charge on any atom is -0.382 e. The maximum atomic E-state index is 5.80. The molecule has 0 radical (unpaired) electrons. The van der Waals surface area contributed by atoms with Crippen LogP contribution in [-0.2, 0) is 0 Å². The summed E-state index contributed by atoms with van der Waals surface area (Å²) in [4.78, 5) is 12.6. The van der Waals surface area contributed by atoms with Gasteiger partial charge in [-0.2, -0.15) is 0 Å². The molecule has 0 unspecified atom stereocenters. The van der Waals surface area contributed by atoms with E-state index in [0.29, 0.717) is 11.5 Å². The number of pyridine rings is 1. The molecule has 2 N–H and O–H groups in total. The number of fused-ring (bicyclic) bond motifs is 1. The molecule has 0 fully saturated rings. The molecule has 0 amide bonds. The van der Waals surface area contributed by atoms with E-state index < -0.39 is 0 Å². The number of nitrogen functional groups attached to an aromatic ring is 1. The fourth-order valence-electron chi connectivity index (χ4n) is 1.77. The van der Waals surface area contributed by atoms with E-state index >= 15 is 0 Å². The van der Waals surface area contributed by atoms with Crippen molar-refractivity contribution in [3.05, 3.63) is 48.9 Å². The van der Waals surface area contributed by atoms with E-state index in [1.807, 2.05) is 30.3 Å². The Labute approximate surface area is 98.2 Å². The smallest absolute Gasteiger partial charge is 0.150 e. The lowest BCUT2D eigenvalue weighted by Crippen LogP contribution is -1.96. The van der Waals surface area contributed by atoms with Crippen LogP contribution in [0.1, 0.15) is 0 Å². The summed E-state index contributed by atoms with van der Waals surface area (Å²) in [6.07, 6.45) is 4.97. The highest BCUT2D eigenvalue weighted by atomic mass is 14.9. The number of benzene rings is 1. The molecule has 3 rings (SSSR count). The Kier molecular flexibility index (Phi) is 2.19. The first kappa shape index (κ1) is 9.72. The first-order valence-corrected chi connectivity index (χ1v) is 5.26. The first-order valence-electron chi connectivity index (χ1n) is 5.26. The van der Waals surface area contributed by atoms with Crippen LogP contribution in [0.25, 0.3) is 22.2 Å². The number of nitrogens with two attached hydrogens (primary N) is 1. The second-order valence-corrected chi connectivity index (χ2v) is 3.71. The summed E-state index contributed by atoms with van der Waals surface area (Å²) in [5.41, 5.74) is 8.31. The third-order valence-electron chi connectivity index (χ3n) is 2.59. The van der Waals surface area contributed by atoms with Crippen LogP contribution in [0.4, 0.5) is 5.82 Å². The quantitative estimate of drug-likeness (QED) is 0.686. The maximum absolute atomic E-state index is 5.80. The van der Waals surface area contributed by atoms with Gasteiger partial charge in [0.15, 0.2) is 0 Å². The number of para-hydroxylation sites is 1. The molecule has 0 atom stereocenters. The molecule has 17 heavy (non-hydrogen) atoms. The third kappa shape index (κ3) is 1.69. The summed E-state index contributed by atoms with van der Waals surface area (Å²) >= 11 is 0. The van der Waals surface area contributed by atoms with Gasteiger partial charge in [0.1, 0.15) is 11.5 Å². The van der Waals surface area contributed by atoms with E-state index in [2.05, 4.69) is 15.0 Å². The Morgan fingerprint density at radius 3 is 2.65 bits per heavy atom. The molecule has 0 aliphatic carbocycles. The van der Waals surface area contributed by atoms with Crippen LogP contribution in [0.3, 0.4) is 0 Å². The third-order valence-corrected chi connectivity index (χ3v) is 2.59. The summed E-state index contributed by atoms with van der Waals surface area (Å²) in [5, 5.41) is 1.06. The number of rotatable bonds is 1. The summed E-state index contributed by atoms with van der Waals surface area (Å²) in [6, 6.07) is 9.94. The molecule has 4 heteroatoms. The van der Waals surface area contributed by atoms with Gasteiger partial charge in [-0.25, -0.2) is 4.98 Å². The van der Waals surface area contributed by atoms with Gasteiger partial charge in [-0.3, -0.25) is 9.97 Å². The zero-order valence-electron chi connectivity index (χ0n) is 9.04. The van der Waals surface area contributed by atoms with Crippen molar-refractivity contribution in [2.45, 2.75) is 0 Å². The summed E-state index contributed by atoms with van der Waals surface area (Å²) in [6.45, 7) is 0. The molecule has 0 bridgehead atoms. The van der Waals surface area contributed by atoms with E-state index in [4.69, 9.17) is 5.73 Å². The molecule has 0 spiro atoms. The normalized spacial score (nSPS) is 10.6. The number of hydrogen-bond donors (Lipinski definition) is 1. The number of aromatic nitrogens is 3. The van der Waals surface area contributed by atoms with Crippen molar-refractivity contribution in [2.75, 3.05) is 5.73 Å². The largest absolute Gasteiger partial charge is 0.382 e. The van der Waals surface area contributed by atoms with Gasteiger partial charge in [-0.05, 0) is 12.1 Å². The molecule has 4 nitrogen and oxygen atoms in total. The Morgan fingerprint density at radius 2 is 1.76 bits per heavy atom. The van der Waals surface area contributed by atoms with Crippen molar-refractivity contribution >= 4 is 16.7 Å². The number of hydrogen-bond acceptors (Lipinski definition) is 4. The zero-order chi connectivity index (χ0) is 11.7. The molecule has 0 aliphatic rings. The van der Waals surface area contributed by atoms with Gasteiger partial charge in [-0.15, -0.1) is 0 Å². The van der Waals surface area contributed by atoms with Crippen LogP contribution < -0.4 is 5.73 Å². The molecular formula is C13H10N4. The second-order valence-electron chi connectivity index (χ2n) is 3.71. The Bertz CT molecular complexity index is 679. The number of nitrogens with zero attached hydrogens (tertiary/aromatic N) is 3. The highest BCUT2D eigenvalue weighted by Gasteiger charge is 2.05. The van der Waals surface area contributed by atoms with Gasteiger partial charge < -0.3 is 5.73 Å². The van der Waals surface area contributed by atoms with Crippen molar-refractivity contribution in [3.63, 3.8) is 0 Å². The Hall–Kier alpha value is -2.49. The minimum absolute atomic E-state index is 0.421. The predicted octanol–water partition coefficient (Wildman–Crippen LogP) is 2.27. The molecule has 0 aliphatic heterocycles. The molecule has 1 aromatic carbocycles. The molecule has 0 saturated heterocycles. The fourth-order valence-corrected chi connectivity index (χ4v) is 1.77. The lowest BCUT2D eigenvalue weighted by molar-refractivity contribution is 1.21. The minimum atomic E-state index is 0.421. The highest BCUT2D eigenvalue weighted by molar-refractivity contribution is 5.84. The average Bonchev–Trinajstić information content (AvgIpc) is 2.39. The first-order chi connectivity index (χ1) is 8.34. The molecule has 82 valence electrons. The second kappa shape index (κ2) is 3.83. The van der Waals surface area contributed by atoms with Crippen molar-refractivity contribution in [2.24, 2.45) is 0 Å². The molecule has 0 saturated carbocycles. The monoisotopic (exact) mass is 222 g/mol.